The van der Waals surface area contributed by atoms with E-state index in [9.17, 15) is 4.79 Å². The van der Waals surface area contributed by atoms with Crippen LogP contribution in [0.5, 0.6) is 0 Å². The summed E-state index contributed by atoms with van der Waals surface area (Å²) in [5, 5.41) is 3.62. The summed E-state index contributed by atoms with van der Waals surface area (Å²) in [6.07, 6.45) is 36.6. The maximum Gasteiger partial charge on any atom is 0.222 e. The van der Waals surface area contributed by atoms with Gasteiger partial charge in [-0.1, -0.05) is 162 Å². The zero-order chi connectivity index (χ0) is 28.5. The predicted octanol–water partition coefficient (Wildman–Crippen LogP) is 11.4. The average Bonchev–Trinajstić information content (AvgIpc) is 2.94. The van der Waals surface area contributed by atoms with Crippen LogP contribution in [0.25, 0.3) is 0 Å². The highest BCUT2D eigenvalue weighted by Gasteiger charge is 2.12. The molecule has 39 heavy (non-hydrogen) atoms. The third kappa shape index (κ3) is 30.2. The zero-order valence-corrected chi connectivity index (χ0v) is 27.5. The summed E-state index contributed by atoms with van der Waals surface area (Å²) in [6.45, 7) is 11.2. The summed E-state index contributed by atoms with van der Waals surface area (Å²) in [5.41, 5.74) is 0. The van der Waals surface area contributed by atoms with Crippen molar-refractivity contribution in [2.45, 2.75) is 201 Å². The first-order valence-corrected chi connectivity index (χ1v) is 18.2. The standard InChI is InChI=1S/C36H74N2O/c1-4-7-10-13-16-18-24-29-34-38(35-30-25-19-17-14-11-8-5-2)36(39)31-26-21-20-23-28-33-37-32-27-22-15-12-9-6-3/h37H,4-35H2,1-3H3. The first-order valence-electron chi connectivity index (χ1n) is 18.2. The van der Waals surface area contributed by atoms with Crippen LogP contribution in [0.4, 0.5) is 0 Å². The highest BCUT2D eigenvalue weighted by Crippen LogP contribution is 2.13. The Morgan fingerprint density at radius 2 is 0.718 bits per heavy atom. The van der Waals surface area contributed by atoms with Gasteiger partial charge in [-0.15, -0.1) is 0 Å². The Morgan fingerprint density at radius 1 is 0.410 bits per heavy atom. The number of carbonyl (C=O) groups is 1. The first-order chi connectivity index (χ1) is 19.3. The maximum absolute atomic E-state index is 13.1. The number of hydrogen-bond acceptors (Lipinski definition) is 2. The Hall–Kier alpha value is -0.570. The molecule has 0 aromatic rings. The minimum atomic E-state index is 0.432. The van der Waals surface area contributed by atoms with E-state index in [4.69, 9.17) is 0 Å². The van der Waals surface area contributed by atoms with Crippen molar-refractivity contribution in [3.05, 3.63) is 0 Å². The van der Waals surface area contributed by atoms with Gasteiger partial charge in [0.05, 0.1) is 0 Å². The van der Waals surface area contributed by atoms with Crippen molar-refractivity contribution >= 4 is 5.91 Å². The van der Waals surface area contributed by atoms with E-state index in [0.29, 0.717) is 5.91 Å². The normalized spacial score (nSPS) is 11.4. The van der Waals surface area contributed by atoms with Crippen molar-refractivity contribution in [1.29, 1.82) is 0 Å². The van der Waals surface area contributed by atoms with Crippen molar-refractivity contribution in [3.8, 4) is 0 Å². The lowest BCUT2D eigenvalue weighted by Crippen LogP contribution is -2.32. The van der Waals surface area contributed by atoms with E-state index in [0.717, 1.165) is 25.9 Å². The fraction of sp³-hybridized carbons (Fsp3) is 0.972. The highest BCUT2D eigenvalue weighted by atomic mass is 16.2. The topological polar surface area (TPSA) is 32.3 Å². The van der Waals surface area contributed by atoms with Crippen LogP contribution in [-0.4, -0.2) is 37.0 Å². The summed E-state index contributed by atoms with van der Waals surface area (Å²) in [4.78, 5) is 15.3. The molecular formula is C36H74N2O. The third-order valence-electron chi connectivity index (χ3n) is 8.37. The van der Waals surface area contributed by atoms with E-state index in [1.165, 1.54) is 180 Å². The number of nitrogens with one attached hydrogen (secondary N) is 1. The zero-order valence-electron chi connectivity index (χ0n) is 27.5. The molecule has 0 aliphatic carbocycles. The number of carbonyl (C=O) groups excluding carboxylic acids is 1. The molecule has 0 radical (unpaired) electrons. The third-order valence-corrected chi connectivity index (χ3v) is 8.37. The van der Waals surface area contributed by atoms with Crippen LogP contribution in [0.15, 0.2) is 0 Å². The van der Waals surface area contributed by atoms with E-state index < -0.39 is 0 Å². The summed E-state index contributed by atoms with van der Waals surface area (Å²) in [7, 11) is 0. The number of rotatable bonds is 33. The van der Waals surface area contributed by atoms with Gasteiger partial charge in [0.25, 0.3) is 0 Å². The average molecular weight is 551 g/mol. The summed E-state index contributed by atoms with van der Waals surface area (Å²) in [5.74, 6) is 0.432. The molecule has 3 nitrogen and oxygen atoms in total. The Labute approximate surface area is 247 Å². The largest absolute Gasteiger partial charge is 0.343 e. The van der Waals surface area contributed by atoms with Gasteiger partial charge in [0.2, 0.25) is 5.91 Å². The summed E-state index contributed by atoms with van der Waals surface area (Å²) >= 11 is 0. The Balaban J connectivity index is 3.94. The summed E-state index contributed by atoms with van der Waals surface area (Å²) in [6, 6.07) is 0. The van der Waals surface area contributed by atoms with Crippen molar-refractivity contribution in [2.75, 3.05) is 26.2 Å². The monoisotopic (exact) mass is 551 g/mol. The van der Waals surface area contributed by atoms with Gasteiger partial charge in [-0.05, 0) is 45.2 Å². The molecule has 0 saturated heterocycles. The fourth-order valence-corrected chi connectivity index (χ4v) is 5.60. The van der Waals surface area contributed by atoms with Crippen LogP contribution < -0.4 is 5.32 Å². The minimum absolute atomic E-state index is 0.432. The molecule has 1 amide bonds. The SMILES string of the molecule is CCCCCCCCCCN(CCCCCCCCCC)C(=O)CCCCCCCNCCCCCCCC. The van der Waals surface area contributed by atoms with Gasteiger partial charge >= 0.3 is 0 Å². The van der Waals surface area contributed by atoms with Gasteiger partial charge < -0.3 is 10.2 Å². The number of unbranched alkanes of at least 4 members (excludes halogenated alkanes) is 23. The first kappa shape index (κ1) is 38.4. The summed E-state index contributed by atoms with van der Waals surface area (Å²) < 4.78 is 0. The second kappa shape index (κ2) is 33.6. The van der Waals surface area contributed by atoms with Gasteiger partial charge in [-0.2, -0.15) is 0 Å². The molecule has 0 saturated carbocycles. The Bertz CT molecular complexity index is 447. The maximum atomic E-state index is 13.1. The van der Waals surface area contributed by atoms with Gasteiger partial charge in [-0.25, -0.2) is 0 Å². The van der Waals surface area contributed by atoms with Crippen LogP contribution >= 0.6 is 0 Å². The molecule has 0 rings (SSSR count). The molecule has 0 spiro atoms. The number of hydrogen-bond donors (Lipinski definition) is 1. The smallest absolute Gasteiger partial charge is 0.222 e. The van der Waals surface area contributed by atoms with E-state index in [2.05, 4.69) is 31.0 Å². The molecule has 0 heterocycles. The van der Waals surface area contributed by atoms with Gasteiger partial charge in [0.15, 0.2) is 0 Å². The highest BCUT2D eigenvalue weighted by molar-refractivity contribution is 5.76. The van der Waals surface area contributed by atoms with E-state index in [1.54, 1.807) is 0 Å². The van der Waals surface area contributed by atoms with Crippen LogP contribution in [0.2, 0.25) is 0 Å². The lowest BCUT2D eigenvalue weighted by molar-refractivity contribution is -0.131. The van der Waals surface area contributed by atoms with Crippen LogP contribution in [0, 0.1) is 0 Å². The Kier molecular flexibility index (Phi) is 33.1. The van der Waals surface area contributed by atoms with Crippen molar-refractivity contribution in [3.63, 3.8) is 0 Å². The fourth-order valence-electron chi connectivity index (χ4n) is 5.60. The van der Waals surface area contributed by atoms with E-state index in [1.807, 2.05) is 0 Å². The van der Waals surface area contributed by atoms with Crippen molar-refractivity contribution in [2.24, 2.45) is 0 Å². The molecule has 0 atom stereocenters. The van der Waals surface area contributed by atoms with Crippen molar-refractivity contribution < 1.29 is 4.79 Å². The van der Waals surface area contributed by atoms with E-state index >= 15 is 0 Å². The molecule has 0 unspecified atom stereocenters. The molecule has 3 heteroatoms. The molecule has 0 aromatic heterocycles. The molecular weight excluding hydrogens is 476 g/mol. The Morgan fingerprint density at radius 3 is 1.10 bits per heavy atom. The van der Waals surface area contributed by atoms with Gasteiger partial charge in [0.1, 0.15) is 0 Å². The van der Waals surface area contributed by atoms with E-state index in [-0.39, 0.29) is 0 Å². The molecule has 0 fully saturated rings. The quantitative estimate of drug-likeness (QED) is 0.0824. The number of nitrogens with zero attached hydrogens (tertiary/aromatic N) is 1. The molecule has 234 valence electrons. The minimum Gasteiger partial charge on any atom is -0.343 e. The molecule has 0 bridgehead atoms. The lowest BCUT2D eigenvalue weighted by Gasteiger charge is -2.23. The number of amides is 1. The van der Waals surface area contributed by atoms with Crippen LogP contribution in [0.1, 0.15) is 201 Å². The van der Waals surface area contributed by atoms with Gasteiger partial charge in [-0.3, -0.25) is 4.79 Å². The second-order valence-electron chi connectivity index (χ2n) is 12.4. The van der Waals surface area contributed by atoms with Gasteiger partial charge in [0, 0.05) is 19.5 Å². The molecule has 0 aromatic carbocycles. The molecule has 1 N–H and O–H groups in total. The lowest BCUT2D eigenvalue weighted by atomic mass is 10.1. The second-order valence-corrected chi connectivity index (χ2v) is 12.4. The molecule has 0 aliphatic heterocycles. The predicted molar refractivity (Wildman–Crippen MR) is 176 cm³/mol. The van der Waals surface area contributed by atoms with Crippen LogP contribution in [0.3, 0.4) is 0 Å². The van der Waals surface area contributed by atoms with Crippen molar-refractivity contribution in [1.82, 2.24) is 10.2 Å². The molecule has 0 aliphatic rings. The van der Waals surface area contributed by atoms with Crippen LogP contribution in [-0.2, 0) is 4.79 Å².